The van der Waals surface area contributed by atoms with Gasteiger partial charge in [0, 0.05) is 60.8 Å². The first kappa shape index (κ1) is 21.9. The number of hydrogen-bond donors (Lipinski definition) is 1. The lowest BCUT2D eigenvalue weighted by atomic mass is 9.86. The average Bonchev–Trinajstić information content (AvgIpc) is 3.43. The molecule has 1 aliphatic heterocycles. The van der Waals surface area contributed by atoms with Crippen LogP contribution >= 0.6 is 11.6 Å². The van der Waals surface area contributed by atoms with Crippen LogP contribution in [0.4, 0.5) is 5.82 Å². The van der Waals surface area contributed by atoms with E-state index < -0.39 is 0 Å². The number of aromatic nitrogens is 5. The number of fused-ring (bicyclic) bond motifs is 1. The van der Waals surface area contributed by atoms with Crippen LogP contribution in [-0.4, -0.2) is 30.5 Å². The fraction of sp³-hybridized carbons (Fsp3) is 0.440. The molecule has 0 bridgehead atoms. The molecule has 3 aromatic rings. The van der Waals surface area contributed by atoms with Gasteiger partial charge in [-0.05, 0) is 43.2 Å². The minimum Gasteiger partial charge on any atom is -0.310 e. The van der Waals surface area contributed by atoms with Crippen molar-refractivity contribution >= 4 is 23.3 Å². The van der Waals surface area contributed by atoms with Crippen LogP contribution in [0.15, 0.2) is 42.4 Å². The van der Waals surface area contributed by atoms with Crippen molar-refractivity contribution in [3.05, 3.63) is 58.8 Å². The molecule has 8 heteroatoms. The van der Waals surface area contributed by atoms with Gasteiger partial charge in [0.15, 0.2) is 0 Å². The molecule has 2 aliphatic rings. The van der Waals surface area contributed by atoms with Gasteiger partial charge in [0.2, 0.25) is 5.91 Å². The third kappa shape index (κ3) is 4.47. The molecule has 3 aromatic heterocycles. The van der Waals surface area contributed by atoms with Crippen LogP contribution in [0.5, 0.6) is 0 Å². The number of anilines is 1. The second-order valence-electron chi connectivity index (χ2n) is 10.0. The molecule has 5 rings (SSSR count). The topological polar surface area (TPSA) is 77.6 Å². The number of nitrogens with zero attached hydrogens (tertiary/aromatic N) is 5. The fourth-order valence-electron chi connectivity index (χ4n) is 4.98. The molecule has 0 fully saturated rings. The molecule has 172 valence electrons. The van der Waals surface area contributed by atoms with E-state index >= 15 is 0 Å². The van der Waals surface area contributed by atoms with Crippen molar-refractivity contribution in [3.63, 3.8) is 0 Å². The third-order valence-corrected chi connectivity index (χ3v) is 7.03. The third-order valence-electron chi connectivity index (χ3n) is 6.73. The summed E-state index contributed by atoms with van der Waals surface area (Å²) in [5.74, 6) is 0.465. The molecule has 1 atom stereocenters. The van der Waals surface area contributed by atoms with Crippen LogP contribution in [0.2, 0.25) is 5.02 Å². The molecule has 1 N–H and O–H groups in total. The van der Waals surface area contributed by atoms with Crippen LogP contribution < -0.4 is 5.32 Å². The molecule has 0 unspecified atom stereocenters. The molecule has 0 radical (unpaired) electrons. The summed E-state index contributed by atoms with van der Waals surface area (Å²) in [6.07, 6.45) is 11.8. The molecular weight excluding hydrogens is 436 g/mol. The van der Waals surface area contributed by atoms with Gasteiger partial charge in [-0.25, -0.2) is 4.98 Å². The number of rotatable bonds is 5. The van der Waals surface area contributed by atoms with Gasteiger partial charge in [0.05, 0.1) is 11.2 Å². The van der Waals surface area contributed by atoms with Gasteiger partial charge in [-0.15, -0.1) is 0 Å². The number of nitrogens with one attached hydrogen (secondary N) is 1. The van der Waals surface area contributed by atoms with Crippen molar-refractivity contribution < 1.29 is 4.79 Å². The van der Waals surface area contributed by atoms with Crippen LogP contribution in [0, 0.1) is 11.3 Å². The first-order valence-electron chi connectivity index (χ1n) is 11.5. The lowest BCUT2D eigenvalue weighted by Gasteiger charge is -2.22. The summed E-state index contributed by atoms with van der Waals surface area (Å²) in [4.78, 5) is 17.5. The highest BCUT2D eigenvalue weighted by Gasteiger charge is 2.32. The zero-order valence-electron chi connectivity index (χ0n) is 19.3. The van der Waals surface area contributed by atoms with E-state index in [0.717, 1.165) is 55.5 Å². The van der Waals surface area contributed by atoms with Gasteiger partial charge >= 0.3 is 0 Å². The zero-order chi connectivity index (χ0) is 23.2. The maximum atomic E-state index is 13.1. The zero-order valence-corrected chi connectivity index (χ0v) is 20.1. The average molecular weight is 465 g/mol. The minimum absolute atomic E-state index is 0.00717. The van der Waals surface area contributed by atoms with E-state index in [1.807, 2.05) is 36.3 Å². The van der Waals surface area contributed by atoms with E-state index in [1.165, 1.54) is 11.3 Å². The summed E-state index contributed by atoms with van der Waals surface area (Å²) in [6.45, 7) is 5.38. The van der Waals surface area contributed by atoms with Crippen molar-refractivity contribution in [1.29, 1.82) is 0 Å². The second-order valence-corrected chi connectivity index (χ2v) is 10.4. The van der Waals surface area contributed by atoms with E-state index in [-0.39, 0.29) is 17.2 Å². The van der Waals surface area contributed by atoms with Crippen molar-refractivity contribution in [3.8, 4) is 11.1 Å². The Morgan fingerprint density at radius 3 is 2.91 bits per heavy atom. The standard InChI is InChI=1S/C25H29ClN6O/c1-25(2)12-22-20(13-29-32(22)15-25)19-11-23(27-14-21(19)26)30-24(33)17-6-4-5-16(9-17)10-18-7-8-28-31(18)3/h5,7-8,11,13-14,17H,4,6,9-10,12,15H2,1-3H3,(H,27,30,33)/t17-/m1/s1. The number of aryl methyl sites for hydroxylation is 1. The Hall–Kier alpha value is -2.93. The summed E-state index contributed by atoms with van der Waals surface area (Å²) < 4.78 is 3.95. The van der Waals surface area contributed by atoms with E-state index in [2.05, 4.69) is 45.1 Å². The lowest BCUT2D eigenvalue weighted by Crippen LogP contribution is -2.25. The lowest BCUT2D eigenvalue weighted by molar-refractivity contribution is -0.120. The van der Waals surface area contributed by atoms with E-state index in [9.17, 15) is 4.79 Å². The number of carbonyl (C=O) groups is 1. The summed E-state index contributed by atoms with van der Waals surface area (Å²) in [5.41, 5.74) is 5.68. The number of hydrogen-bond acceptors (Lipinski definition) is 4. The summed E-state index contributed by atoms with van der Waals surface area (Å²) in [7, 11) is 1.95. The molecule has 33 heavy (non-hydrogen) atoms. The number of carbonyl (C=O) groups excluding carboxylic acids is 1. The van der Waals surface area contributed by atoms with Crippen LogP contribution in [-0.2, 0) is 31.2 Å². The Labute approximate surface area is 198 Å². The van der Waals surface area contributed by atoms with Gasteiger partial charge in [0.1, 0.15) is 5.82 Å². The normalized spacial score (nSPS) is 19.3. The summed E-state index contributed by atoms with van der Waals surface area (Å²) in [6, 6.07) is 3.90. The van der Waals surface area contributed by atoms with Crippen molar-refractivity contribution in [2.24, 2.45) is 18.4 Å². The van der Waals surface area contributed by atoms with Crippen LogP contribution in [0.1, 0.15) is 44.5 Å². The molecule has 1 aliphatic carbocycles. The van der Waals surface area contributed by atoms with E-state index in [4.69, 9.17) is 11.6 Å². The number of amides is 1. The summed E-state index contributed by atoms with van der Waals surface area (Å²) >= 11 is 6.52. The molecule has 0 saturated carbocycles. The molecule has 7 nitrogen and oxygen atoms in total. The fourth-order valence-corrected chi connectivity index (χ4v) is 5.19. The molecular formula is C25H29ClN6O. The van der Waals surface area contributed by atoms with Crippen LogP contribution in [0.25, 0.3) is 11.1 Å². The van der Waals surface area contributed by atoms with Gasteiger partial charge in [-0.2, -0.15) is 10.2 Å². The number of allylic oxidation sites excluding steroid dienone is 2. The van der Waals surface area contributed by atoms with Gasteiger partial charge in [-0.3, -0.25) is 14.2 Å². The second kappa shape index (κ2) is 8.45. The smallest absolute Gasteiger partial charge is 0.228 e. The highest BCUT2D eigenvalue weighted by Crippen LogP contribution is 2.39. The molecule has 0 spiro atoms. The quantitative estimate of drug-likeness (QED) is 0.549. The predicted octanol–water partition coefficient (Wildman–Crippen LogP) is 4.82. The minimum atomic E-state index is -0.0691. The maximum absolute atomic E-state index is 13.1. The first-order chi connectivity index (χ1) is 15.8. The Morgan fingerprint density at radius 1 is 1.27 bits per heavy atom. The number of pyridine rings is 1. The molecule has 0 aromatic carbocycles. The van der Waals surface area contributed by atoms with Gasteiger partial charge in [-0.1, -0.05) is 37.1 Å². The monoisotopic (exact) mass is 464 g/mol. The Morgan fingerprint density at radius 2 is 2.12 bits per heavy atom. The van der Waals surface area contributed by atoms with E-state index in [1.54, 1.807) is 6.20 Å². The van der Waals surface area contributed by atoms with Gasteiger partial charge in [0.25, 0.3) is 0 Å². The predicted molar refractivity (Wildman–Crippen MR) is 129 cm³/mol. The molecule has 1 amide bonds. The number of halogens is 1. The van der Waals surface area contributed by atoms with E-state index in [0.29, 0.717) is 10.8 Å². The van der Waals surface area contributed by atoms with Crippen molar-refractivity contribution in [2.45, 2.75) is 52.5 Å². The largest absolute Gasteiger partial charge is 0.310 e. The van der Waals surface area contributed by atoms with Crippen molar-refractivity contribution in [2.75, 3.05) is 5.32 Å². The highest BCUT2D eigenvalue weighted by molar-refractivity contribution is 6.33. The van der Waals surface area contributed by atoms with Gasteiger partial charge < -0.3 is 5.32 Å². The van der Waals surface area contributed by atoms with Crippen molar-refractivity contribution in [1.82, 2.24) is 24.5 Å². The Balaban J connectivity index is 1.30. The molecule has 4 heterocycles. The molecule has 0 saturated heterocycles. The summed E-state index contributed by atoms with van der Waals surface area (Å²) in [5, 5.41) is 12.4. The van der Waals surface area contributed by atoms with Crippen LogP contribution in [0.3, 0.4) is 0 Å². The highest BCUT2D eigenvalue weighted by atomic mass is 35.5. The Bertz CT molecular complexity index is 1240. The SMILES string of the molecule is Cn1nccc1CC1=CCC[C@@H](C(=O)Nc2cc(-c3cnn4c3CC(C)(C)C4)c(Cl)cn2)C1. The first-order valence-corrected chi connectivity index (χ1v) is 11.8. The maximum Gasteiger partial charge on any atom is 0.228 e. The Kier molecular flexibility index (Phi) is 5.60.